The highest BCUT2D eigenvalue weighted by atomic mass is 16.1. The number of nitrogens with one attached hydrogen (secondary N) is 1. The second-order valence-electron chi connectivity index (χ2n) is 6.41. The summed E-state index contributed by atoms with van der Waals surface area (Å²) < 4.78 is 0. The smallest absolute Gasteiger partial charge is 0.162 e. The molecule has 0 unspecified atom stereocenters. The number of ketones is 1. The van der Waals surface area contributed by atoms with Crippen molar-refractivity contribution in [2.45, 2.75) is 45.6 Å². The van der Waals surface area contributed by atoms with E-state index in [2.05, 4.69) is 43.1 Å². The maximum absolute atomic E-state index is 12.1. The molecule has 25 heavy (non-hydrogen) atoms. The molecule has 132 valence electrons. The van der Waals surface area contributed by atoms with Gasteiger partial charge in [-0.2, -0.15) is 0 Å². The zero-order valence-corrected chi connectivity index (χ0v) is 15.3. The molecule has 2 aromatic rings. The van der Waals surface area contributed by atoms with E-state index in [4.69, 9.17) is 0 Å². The molecule has 0 fully saturated rings. The summed E-state index contributed by atoms with van der Waals surface area (Å²) in [6, 6.07) is 16.6. The monoisotopic (exact) mass is 335 g/mol. The van der Waals surface area contributed by atoms with Gasteiger partial charge in [-0.05, 0) is 36.1 Å². The first kappa shape index (κ1) is 19.1. The van der Waals surface area contributed by atoms with Gasteiger partial charge in [0.15, 0.2) is 5.78 Å². The molecule has 0 amide bonds. The van der Waals surface area contributed by atoms with Crippen LogP contribution in [0.3, 0.4) is 0 Å². The molecule has 0 aromatic heterocycles. The van der Waals surface area contributed by atoms with Crippen molar-refractivity contribution in [1.82, 2.24) is 5.32 Å². The highest BCUT2D eigenvalue weighted by molar-refractivity contribution is 5.96. The lowest BCUT2D eigenvalue weighted by atomic mass is 9.99. The summed E-state index contributed by atoms with van der Waals surface area (Å²) in [5.74, 6) is 0.251. The fraction of sp³-hybridized carbons (Fsp3) is 0.348. The molecule has 2 aromatic carbocycles. The molecule has 0 heterocycles. The Bertz CT molecular complexity index is 655. The average Bonchev–Trinajstić information content (AvgIpc) is 2.66. The number of hydrogen-bond acceptors (Lipinski definition) is 2. The zero-order valence-electron chi connectivity index (χ0n) is 15.3. The Morgan fingerprint density at radius 2 is 1.64 bits per heavy atom. The Morgan fingerprint density at radius 1 is 1.00 bits per heavy atom. The third kappa shape index (κ3) is 6.32. The fourth-order valence-corrected chi connectivity index (χ4v) is 2.78. The fourth-order valence-electron chi connectivity index (χ4n) is 2.78. The lowest BCUT2D eigenvalue weighted by Crippen LogP contribution is -2.13. The predicted octanol–water partition coefficient (Wildman–Crippen LogP) is 5.78. The van der Waals surface area contributed by atoms with Gasteiger partial charge in [0.2, 0.25) is 0 Å². The van der Waals surface area contributed by atoms with E-state index in [9.17, 15) is 4.79 Å². The third-order valence-corrected chi connectivity index (χ3v) is 4.36. The van der Waals surface area contributed by atoms with Gasteiger partial charge >= 0.3 is 0 Å². The Kier molecular flexibility index (Phi) is 8.14. The van der Waals surface area contributed by atoms with Gasteiger partial charge in [0.1, 0.15) is 0 Å². The van der Waals surface area contributed by atoms with E-state index in [1.165, 1.54) is 11.1 Å². The van der Waals surface area contributed by atoms with E-state index < -0.39 is 0 Å². The van der Waals surface area contributed by atoms with Crippen LogP contribution in [0.2, 0.25) is 0 Å². The van der Waals surface area contributed by atoms with E-state index in [1.54, 1.807) is 0 Å². The van der Waals surface area contributed by atoms with Crippen LogP contribution in [0, 0.1) is 0 Å². The highest BCUT2D eigenvalue weighted by Crippen LogP contribution is 2.21. The molecular weight excluding hydrogens is 306 g/mol. The third-order valence-electron chi connectivity index (χ3n) is 4.36. The van der Waals surface area contributed by atoms with Crippen LogP contribution in [0.15, 0.2) is 61.2 Å². The lowest BCUT2D eigenvalue weighted by Gasteiger charge is -2.07. The van der Waals surface area contributed by atoms with Gasteiger partial charge in [-0.3, -0.25) is 4.79 Å². The second kappa shape index (κ2) is 10.6. The first-order valence-corrected chi connectivity index (χ1v) is 9.28. The molecule has 0 aliphatic heterocycles. The highest BCUT2D eigenvalue weighted by Gasteiger charge is 2.06. The molecule has 2 heteroatoms. The molecule has 0 radical (unpaired) electrons. The molecule has 0 bridgehead atoms. The summed E-state index contributed by atoms with van der Waals surface area (Å²) in [4.78, 5) is 12.1. The Balaban J connectivity index is 1.92. The summed E-state index contributed by atoms with van der Waals surface area (Å²) in [5, 5.41) is 3.39. The molecule has 0 aliphatic carbocycles. The minimum Gasteiger partial charge on any atom is -0.312 e. The van der Waals surface area contributed by atoms with Crippen molar-refractivity contribution in [2.24, 2.45) is 0 Å². The summed E-state index contributed by atoms with van der Waals surface area (Å²) >= 11 is 0. The van der Waals surface area contributed by atoms with Gasteiger partial charge in [0.05, 0.1) is 0 Å². The van der Waals surface area contributed by atoms with Gasteiger partial charge in [0.25, 0.3) is 0 Å². The van der Waals surface area contributed by atoms with E-state index in [1.807, 2.05) is 30.3 Å². The van der Waals surface area contributed by atoms with Crippen LogP contribution in [0.4, 0.5) is 0 Å². The molecule has 0 saturated heterocycles. The van der Waals surface area contributed by atoms with Crippen LogP contribution in [-0.2, 0) is 6.54 Å². The minimum absolute atomic E-state index is 0.251. The van der Waals surface area contributed by atoms with Crippen molar-refractivity contribution < 1.29 is 4.79 Å². The van der Waals surface area contributed by atoms with Gasteiger partial charge in [-0.25, -0.2) is 0 Å². The second-order valence-corrected chi connectivity index (χ2v) is 6.41. The van der Waals surface area contributed by atoms with Crippen LogP contribution in [-0.4, -0.2) is 12.3 Å². The molecular formula is C23H29NO. The quantitative estimate of drug-likeness (QED) is 0.320. The minimum atomic E-state index is 0.251. The number of hydrogen-bond donors (Lipinski definition) is 1. The van der Waals surface area contributed by atoms with Crippen molar-refractivity contribution in [2.75, 3.05) is 6.54 Å². The molecule has 0 saturated carbocycles. The van der Waals surface area contributed by atoms with Gasteiger partial charge in [0, 0.05) is 18.5 Å². The van der Waals surface area contributed by atoms with E-state index in [0.29, 0.717) is 6.42 Å². The van der Waals surface area contributed by atoms with Gasteiger partial charge in [-0.15, -0.1) is 6.58 Å². The maximum Gasteiger partial charge on any atom is 0.162 e. The Morgan fingerprint density at radius 3 is 2.24 bits per heavy atom. The molecule has 1 N–H and O–H groups in total. The van der Waals surface area contributed by atoms with Crippen LogP contribution >= 0.6 is 0 Å². The standard InChI is InChI=1S/C23H29NO/c1-3-5-7-8-23(25)22-15-13-21(14-16-22)20-11-9-19(10-12-20)18-24-17-6-4-2/h4,9-16,24H,2-3,5-8,17-18H2,1H3. The SMILES string of the molecule is C=CCCNCc1ccc(-c2ccc(C(=O)CCCCC)cc2)cc1. The number of carbonyl (C=O) groups excluding carboxylic acids is 1. The first-order chi connectivity index (χ1) is 12.2. The van der Waals surface area contributed by atoms with Crippen molar-refractivity contribution in [1.29, 1.82) is 0 Å². The number of unbranched alkanes of at least 4 members (excludes halogenated alkanes) is 2. The van der Waals surface area contributed by atoms with E-state index in [0.717, 1.165) is 49.9 Å². The van der Waals surface area contributed by atoms with Crippen molar-refractivity contribution in [3.05, 3.63) is 72.3 Å². The Hall–Kier alpha value is -2.19. The summed E-state index contributed by atoms with van der Waals surface area (Å²) in [6.45, 7) is 7.71. The van der Waals surface area contributed by atoms with Gasteiger partial charge in [-0.1, -0.05) is 74.4 Å². The predicted molar refractivity (Wildman–Crippen MR) is 107 cm³/mol. The summed E-state index contributed by atoms with van der Waals surface area (Å²) in [6.07, 6.45) is 6.82. The number of carbonyl (C=O) groups is 1. The van der Waals surface area contributed by atoms with Crippen LogP contribution in [0.25, 0.3) is 11.1 Å². The van der Waals surface area contributed by atoms with Crippen LogP contribution in [0.5, 0.6) is 0 Å². The molecule has 0 spiro atoms. The Labute approximate surface area is 152 Å². The van der Waals surface area contributed by atoms with Crippen LogP contribution < -0.4 is 5.32 Å². The number of rotatable bonds is 11. The topological polar surface area (TPSA) is 29.1 Å². The number of benzene rings is 2. The summed E-state index contributed by atoms with van der Waals surface area (Å²) in [7, 11) is 0. The molecule has 0 atom stereocenters. The summed E-state index contributed by atoms with van der Waals surface area (Å²) in [5.41, 5.74) is 4.43. The lowest BCUT2D eigenvalue weighted by molar-refractivity contribution is 0.0979. The molecule has 0 aliphatic rings. The van der Waals surface area contributed by atoms with Crippen molar-refractivity contribution >= 4 is 5.78 Å². The van der Waals surface area contributed by atoms with Crippen LogP contribution in [0.1, 0.15) is 54.9 Å². The van der Waals surface area contributed by atoms with Crippen molar-refractivity contribution in [3.8, 4) is 11.1 Å². The maximum atomic E-state index is 12.1. The average molecular weight is 335 g/mol. The number of Topliss-reactive ketones (excluding diaryl/α,β-unsaturated/α-hetero) is 1. The van der Waals surface area contributed by atoms with Crippen molar-refractivity contribution in [3.63, 3.8) is 0 Å². The zero-order chi connectivity index (χ0) is 17.9. The van der Waals surface area contributed by atoms with Gasteiger partial charge < -0.3 is 5.32 Å². The van der Waals surface area contributed by atoms with E-state index in [-0.39, 0.29) is 5.78 Å². The molecule has 2 nitrogen and oxygen atoms in total. The normalized spacial score (nSPS) is 10.6. The molecule has 2 rings (SSSR count). The van der Waals surface area contributed by atoms with E-state index >= 15 is 0 Å². The first-order valence-electron chi connectivity index (χ1n) is 9.28. The largest absolute Gasteiger partial charge is 0.312 e.